The Labute approximate surface area is 130 Å². The van der Waals surface area contributed by atoms with E-state index in [9.17, 15) is 10.1 Å². The molecule has 1 saturated carbocycles. The van der Waals surface area contributed by atoms with Crippen molar-refractivity contribution in [1.29, 1.82) is 0 Å². The number of hydrogen-bond acceptors (Lipinski definition) is 4. The van der Waals surface area contributed by atoms with E-state index >= 15 is 0 Å². The van der Waals surface area contributed by atoms with Crippen LogP contribution in [0, 0.1) is 17.0 Å². The number of benzene rings is 1. The summed E-state index contributed by atoms with van der Waals surface area (Å²) < 4.78 is 0.352. The van der Waals surface area contributed by atoms with E-state index < -0.39 is 0 Å². The van der Waals surface area contributed by atoms with Gasteiger partial charge in [-0.15, -0.1) is 0 Å². The first-order valence-corrected chi connectivity index (χ1v) is 8.73. The maximum absolute atomic E-state index is 11.0. The van der Waals surface area contributed by atoms with Crippen LogP contribution in [-0.2, 0) is 0 Å². The van der Waals surface area contributed by atoms with Crippen LogP contribution in [0.2, 0.25) is 0 Å². The summed E-state index contributed by atoms with van der Waals surface area (Å²) in [4.78, 5) is 10.7. The van der Waals surface area contributed by atoms with Gasteiger partial charge in [0.2, 0.25) is 0 Å². The molecule has 1 unspecified atom stereocenters. The Morgan fingerprint density at radius 2 is 2.10 bits per heavy atom. The van der Waals surface area contributed by atoms with Gasteiger partial charge in [-0.25, -0.2) is 0 Å². The minimum atomic E-state index is -0.300. The van der Waals surface area contributed by atoms with Crippen molar-refractivity contribution in [3.63, 3.8) is 0 Å². The van der Waals surface area contributed by atoms with Crippen molar-refractivity contribution in [3.05, 3.63) is 39.4 Å². The fourth-order valence-electron chi connectivity index (χ4n) is 3.02. The van der Waals surface area contributed by atoms with Crippen LogP contribution < -0.4 is 5.32 Å². The van der Waals surface area contributed by atoms with Crippen molar-refractivity contribution in [3.8, 4) is 0 Å². The van der Waals surface area contributed by atoms with Crippen LogP contribution >= 0.6 is 11.8 Å². The fourth-order valence-corrected chi connectivity index (χ4v) is 3.95. The summed E-state index contributed by atoms with van der Waals surface area (Å²) in [5.41, 5.74) is 1.91. The molecular weight excluding hydrogens is 284 g/mol. The second kappa shape index (κ2) is 6.79. The molecule has 1 fully saturated rings. The molecule has 1 N–H and O–H groups in total. The number of hydrogen-bond donors (Lipinski definition) is 1. The van der Waals surface area contributed by atoms with Gasteiger partial charge in [-0.05, 0) is 38.5 Å². The molecule has 0 spiro atoms. The molecule has 0 heterocycles. The SMILES string of the molecule is CSC1(CNC(C)c2ccc(C)c([N+](=O)[O-])c2)CCCC1. The quantitative estimate of drug-likeness (QED) is 0.631. The van der Waals surface area contributed by atoms with Crippen LogP contribution in [-0.4, -0.2) is 22.5 Å². The van der Waals surface area contributed by atoms with Crippen LogP contribution in [0.15, 0.2) is 18.2 Å². The minimum Gasteiger partial charge on any atom is -0.309 e. The van der Waals surface area contributed by atoms with E-state index in [2.05, 4.69) is 18.5 Å². The van der Waals surface area contributed by atoms with Gasteiger partial charge in [0, 0.05) is 29.0 Å². The van der Waals surface area contributed by atoms with Crippen LogP contribution in [0.5, 0.6) is 0 Å². The van der Waals surface area contributed by atoms with Crippen LogP contribution in [0.4, 0.5) is 5.69 Å². The smallest absolute Gasteiger partial charge is 0.272 e. The molecule has 1 atom stereocenters. The summed E-state index contributed by atoms with van der Waals surface area (Å²) >= 11 is 1.96. The van der Waals surface area contributed by atoms with Gasteiger partial charge in [0.25, 0.3) is 5.69 Å². The number of thioether (sulfide) groups is 1. The first kappa shape index (κ1) is 16.3. The molecule has 2 rings (SSSR count). The molecular formula is C16H24N2O2S. The number of nitrogens with zero attached hydrogens (tertiary/aromatic N) is 1. The normalized spacial score (nSPS) is 18.6. The number of nitro groups is 1. The first-order chi connectivity index (χ1) is 9.97. The summed E-state index contributed by atoms with van der Waals surface area (Å²) in [7, 11) is 0. The first-order valence-electron chi connectivity index (χ1n) is 7.51. The average molecular weight is 308 g/mol. The van der Waals surface area contributed by atoms with Gasteiger partial charge >= 0.3 is 0 Å². The van der Waals surface area contributed by atoms with E-state index in [1.54, 1.807) is 13.0 Å². The van der Waals surface area contributed by atoms with Gasteiger partial charge < -0.3 is 5.32 Å². The third-order valence-electron chi connectivity index (χ3n) is 4.61. The zero-order valence-corrected chi connectivity index (χ0v) is 13.8. The Bertz CT molecular complexity index is 513. The van der Waals surface area contributed by atoms with Crippen LogP contribution in [0.3, 0.4) is 0 Å². The fraction of sp³-hybridized carbons (Fsp3) is 0.625. The molecule has 0 radical (unpaired) electrons. The second-order valence-corrected chi connectivity index (χ2v) is 7.27. The Hall–Kier alpha value is -1.07. The van der Waals surface area contributed by atoms with Gasteiger partial charge in [0.05, 0.1) is 4.92 Å². The number of aryl methyl sites for hydroxylation is 1. The molecule has 1 aromatic rings. The molecule has 116 valence electrons. The highest BCUT2D eigenvalue weighted by Gasteiger charge is 2.33. The van der Waals surface area contributed by atoms with E-state index in [4.69, 9.17) is 0 Å². The molecule has 21 heavy (non-hydrogen) atoms. The van der Waals surface area contributed by atoms with Crippen LogP contribution in [0.25, 0.3) is 0 Å². The predicted octanol–water partition coefficient (Wildman–Crippen LogP) is 4.23. The zero-order chi connectivity index (χ0) is 15.5. The summed E-state index contributed by atoms with van der Waals surface area (Å²) in [6.07, 6.45) is 7.35. The third kappa shape index (κ3) is 3.77. The van der Waals surface area contributed by atoms with Crippen molar-refractivity contribution in [1.82, 2.24) is 5.32 Å². The van der Waals surface area contributed by atoms with E-state index in [0.29, 0.717) is 10.3 Å². The Morgan fingerprint density at radius 1 is 1.43 bits per heavy atom. The molecule has 1 aliphatic rings. The second-order valence-electron chi connectivity index (χ2n) is 6.00. The van der Waals surface area contributed by atoms with Crippen molar-refractivity contribution < 1.29 is 4.92 Å². The summed E-state index contributed by atoms with van der Waals surface area (Å²) in [5, 5.41) is 14.6. The molecule has 0 bridgehead atoms. The molecule has 5 heteroatoms. The maximum atomic E-state index is 11.0. The number of rotatable bonds is 6. The van der Waals surface area contributed by atoms with E-state index in [0.717, 1.165) is 12.1 Å². The highest BCUT2D eigenvalue weighted by atomic mass is 32.2. The Balaban J connectivity index is 2.05. The average Bonchev–Trinajstić information content (AvgIpc) is 2.94. The Kier molecular flexibility index (Phi) is 5.27. The third-order valence-corrected chi connectivity index (χ3v) is 6.03. The van der Waals surface area contributed by atoms with E-state index in [-0.39, 0.29) is 16.7 Å². The number of nitrogens with one attached hydrogen (secondary N) is 1. The van der Waals surface area contributed by atoms with E-state index in [1.165, 1.54) is 25.7 Å². The summed E-state index contributed by atoms with van der Waals surface area (Å²) in [6, 6.07) is 5.66. The minimum absolute atomic E-state index is 0.133. The lowest BCUT2D eigenvalue weighted by Gasteiger charge is -2.29. The molecule has 0 amide bonds. The molecule has 0 saturated heterocycles. The van der Waals surface area contributed by atoms with Gasteiger partial charge in [-0.3, -0.25) is 10.1 Å². The van der Waals surface area contributed by atoms with E-state index in [1.807, 2.05) is 23.9 Å². The molecule has 0 aliphatic heterocycles. The Morgan fingerprint density at radius 3 is 2.67 bits per heavy atom. The highest BCUT2D eigenvalue weighted by molar-refractivity contribution is 8.00. The van der Waals surface area contributed by atoms with Crippen molar-refractivity contribution in [2.45, 2.75) is 50.3 Å². The largest absolute Gasteiger partial charge is 0.309 e. The maximum Gasteiger partial charge on any atom is 0.272 e. The molecule has 4 nitrogen and oxygen atoms in total. The standard InChI is InChI=1S/C16H24N2O2S/c1-12-6-7-14(10-15(12)18(19)20)13(2)17-11-16(21-3)8-4-5-9-16/h6-7,10,13,17H,4-5,8-9,11H2,1-3H3. The highest BCUT2D eigenvalue weighted by Crippen LogP contribution is 2.40. The number of nitro benzene ring substituents is 1. The molecule has 1 aliphatic carbocycles. The summed E-state index contributed by atoms with van der Waals surface area (Å²) in [5.74, 6) is 0. The molecule has 1 aromatic carbocycles. The van der Waals surface area contributed by atoms with Gasteiger partial charge in [-0.1, -0.05) is 25.0 Å². The van der Waals surface area contributed by atoms with Crippen molar-refractivity contribution >= 4 is 17.4 Å². The molecule has 0 aromatic heterocycles. The lowest BCUT2D eigenvalue weighted by Crippen LogP contribution is -2.36. The lowest BCUT2D eigenvalue weighted by atomic mass is 10.0. The van der Waals surface area contributed by atoms with Gasteiger partial charge in [0.15, 0.2) is 0 Å². The lowest BCUT2D eigenvalue weighted by molar-refractivity contribution is -0.385. The topological polar surface area (TPSA) is 55.2 Å². The van der Waals surface area contributed by atoms with Crippen molar-refractivity contribution in [2.75, 3.05) is 12.8 Å². The monoisotopic (exact) mass is 308 g/mol. The van der Waals surface area contributed by atoms with Gasteiger partial charge in [0.1, 0.15) is 0 Å². The zero-order valence-electron chi connectivity index (χ0n) is 13.0. The van der Waals surface area contributed by atoms with Crippen molar-refractivity contribution in [2.24, 2.45) is 0 Å². The van der Waals surface area contributed by atoms with Gasteiger partial charge in [-0.2, -0.15) is 11.8 Å². The predicted molar refractivity (Wildman–Crippen MR) is 89.0 cm³/mol. The van der Waals surface area contributed by atoms with Crippen LogP contribution in [0.1, 0.15) is 49.8 Å². The summed E-state index contributed by atoms with van der Waals surface area (Å²) in [6.45, 7) is 4.83.